The summed E-state index contributed by atoms with van der Waals surface area (Å²) in [6, 6.07) is 12.0. The number of nitrogens with one attached hydrogen (secondary N) is 1. The second-order valence-corrected chi connectivity index (χ2v) is 4.01. The van der Waals surface area contributed by atoms with Crippen LogP contribution in [-0.4, -0.2) is 10.9 Å². The summed E-state index contributed by atoms with van der Waals surface area (Å²) >= 11 is 0. The van der Waals surface area contributed by atoms with Crippen LogP contribution in [0.5, 0.6) is 0 Å². The molecule has 0 atom stereocenters. The van der Waals surface area contributed by atoms with Crippen LogP contribution < -0.4 is 5.32 Å². The molecule has 0 aliphatic heterocycles. The first-order chi connectivity index (χ1) is 8.65. The lowest BCUT2D eigenvalue weighted by Crippen LogP contribution is -2.24. The molecule has 1 aromatic carbocycles. The molecule has 0 spiro atoms. The average Bonchev–Trinajstić information content (AvgIpc) is 2.38. The average molecular weight is 244 g/mol. The van der Waals surface area contributed by atoms with E-state index in [1.165, 1.54) is 18.2 Å². The highest BCUT2D eigenvalue weighted by Crippen LogP contribution is 2.03. The number of hydrogen-bond donors (Lipinski definition) is 1. The van der Waals surface area contributed by atoms with E-state index >= 15 is 0 Å². The molecule has 0 aliphatic carbocycles. The molecule has 2 rings (SSSR count). The smallest absolute Gasteiger partial charge is 0.270 e. The van der Waals surface area contributed by atoms with Crippen molar-refractivity contribution in [1.29, 1.82) is 0 Å². The van der Waals surface area contributed by atoms with Gasteiger partial charge >= 0.3 is 0 Å². The number of nitrogens with zero attached hydrogens (tertiary/aromatic N) is 1. The van der Waals surface area contributed by atoms with Crippen LogP contribution in [0, 0.1) is 12.9 Å². The molecule has 1 N–H and O–H groups in total. The van der Waals surface area contributed by atoms with Gasteiger partial charge in [0.1, 0.15) is 5.69 Å². The fraction of sp³-hybridized carbons (Fsp3) is 0.143. The quantitative estimate of drug-likeness (QED) is 0.843. The Labute approximate surface area is 105 Å². The second-order valence-electron chi connectivity index (χ2n) is 4.01. The Morgan fingerprint density at radius 1 is 1.22 bits per heavy atom. The van der Waals surface area contributed by atoms with Gasteiger partial charge < -0.3 is 5.32 Å². The molecule has 1 amide bonds. The van der Waals surface area contributed by atoms with Gasteiger partial charge in [-0.2, -0.15) is 4.39 Å². The van der Waals surface area contributed by atoms with Gasteiger partial charge in [-0.05, 0) is 24.6 Å². The number of carbonyl (C=O) groups excluding carboxylic acids is 1. The van der Waals surface area contributed by atoms with Gasteiger partial charge in [-0.3, -0.25) is 4.79 Å². The number of rotatable bonds is 3. The Bertz CT molecular complexity index is 552. The zero-order chi connectivity index (χ0) is 13.0. The number of pyridine rings is 1. The van der Waals surface area contributed by atoms with Gasteiger partial charge in [0, 0.05) is 6.54 Å². The number of benzene rings is 1. The SMILES string of the molecule is Cc1ccc(CNC(=O)c2cccc(F)n2)cc1. The number of amides is 1. The van der Waals surface area contributed by atoms with E-state index in [4.69, 9.17) is 0 Å². The van der Waals surface area contributed by atoms with Crippen LogP contribution in [-0.2, 0) is 6.54 Å². The molecule has 92 valence electrons. The number of aromatic nitrogens is 1. The maximum Gasteiger partial charge on any atom is 0.270 e. The summed E-state index contributed by atoms with van der Waals surface area (Å²) in [5.41, 5.74) is 2.24. The zero-order valence-electron chi connectivity index (χ0n) is 9.98. The molecule has 0 saturated heterocycles. The Morgan fingerprint density at radius 3 is 2.61 bits per heavy atom. The highest BCUT2D eigenvalue weighted by molar-refractivity contribution is 5.92. The van der Waals surface area contributed by atoms with Crippen LogP contribution in [0.3, 0.4) is 0 Å². The van der Waals surface area contributed by atoms with Crippen LogP contribution in [0.2, 0.25) is 0 Å². The predicted octanol–water partition coefficient (Wildman–Crippen LogP) is 2.46. The third kappa shape index (κ3) is 3.13. The number of carbonyl (C=O) groups is 1. The molecule has 0 fully saturated rings. The summed E-state index contributed by atoms with van der Waals surface area (Å²) in [5, 5.41) is 2.69. The van der Waals surface area contributed by atoms with E-state index < -0.39 is 5.95 Å². The Balaban J connectivity index is 1.98. The van der Waals surface area contributed by atoms with Crippen LogP contribution in [0.25, 0.3) is 0 Å². The van der Waals surface area contributed by atoms with Crippen molar-refractivity contribution in [3.05, 3.63) is 65.2 Å². The summed E-state index contributed by atoms with van der Waals surface area (Å²) in [6.07, 6.45) is 0. The summed E-state index contributed by atoms with van der Waals surface area (Å²) in [7, 11) is 0. The molecular formula is C14H13FN2O. The minimum Gasteiger partial charge on any atom is -0.347 e. The van der Waals surface area contributed by atoms with Crippen molar-refractivity contribution in [2.45, 2.75) is 13.5 Å². The largest absolute Gasteiger partial charge is 0.347 e. The summed E-state index contributed by atoms with van der Waals surface area (Å²) < 4.78 is 12.8. The molecule has 0 saturated carbocycles. The number of halogens is 1. The first-order valence-corrected chi connectivity index (χ1v) is 5.61. The first-order valence-electron chi connectivity index (χ1n) is 5.61. The van der Waals surface area contributed by atoms with Crippen molar-refractivity contribution in [2.24, 2.45) is 0 Å². The van der Waals surface area contributed by atoms with Gasteiger partial charge in [-0.25, -0.2) is 4.98 Å². The molecule has 4 heteroatoms. The third-order valence-electron chi connectivity index (χ3n) is 2.52. The zero-order valence-corrected chi connectivity index (χ0v) is 9.98. The van der Waals surface area contributed by atoms with Crippen LogP contribution in [0.15, 0.2) is 42.5 Å². The molecule has 2 aromatic rings. The van der Waals surface area contributed by atoms with Gasteiger partial charge in [0.25, 0.3) is 5.91 Å². The van der Waals surface area contributed by atoms with Crippen molar-refractivity contribution in [1.82, 2.24) is 10.3 Å². The molecule has 0 bridgehead atoms. The number of hydrogen-bond acceptors (Lipinski definition) is 2. The standard InChI is InChI=1S/C14H13FN2O/c1-10-5-7-11(8-6-10)9-16-14(18)12-3-2-4-13(15)17-12/h2-8H,9H2,1H3,(H,16,18). The normalized spacial score (nSPS) is 10.1. The molecular weight excluding hydrogens is 231 g/mol. The van der Waals surface area contributed by atoms with E-state index in [2.05, 4.69) is 10.3 Å². The van der Waals surface area contributed by atoms with Crippen molar-refractivity contribution < 1.29 is 9.18 Å². The topological polar surface area (TPSA) is 42.0 Å². The molecule has 1 aromatic heterocycles. The molecule has 0 aliphatic rings. The molecule has 0 unspecified atom stereocenters. The van der Waals surface area contributed by atoms with Gasteiger partial charge in [0.05, 0.1) is 0 Å². The third-order valence-corrected chi connectivity index (χ3v) is 2.52. The maximum absolute atomic E-state index is 12.8. The molecule has 18 heavy (non-hydrogen) atoms. The highest BCUT2D eigenvalue weighted by Gasteiger charge is 2.07. The lowest BCUT2D eigenvalue weighted by Gasteiger charge is -2.05. The van der Waals surface area contributed by atoms with Crippen molar-refractivity contribution in [2.75, 3.05) is 0 Å². The first kappa shape index (κ1) is 12.2. The van der Waals surface area contributed by atoms with E-state index in [1.807, 2.05) is 31.2 Å². The van der Waals surface area contributed by atoms with E-state index in [0.717, 1.165) is 11.1 Å². The number of aryl methyl sites for hydroxylation is 1. The Morgan fingerprint density at radius 2 is 1.94 bits per heavy atom. The Hall–Kier alpha value is -2.23. The Kier molecular flexibility index (Phi) is 3.67. The van der Waals surface area contributed by atoms with Crippen molar-refractivity contribution in [3.63, 3.8) is 0 Å². The highest BCUT2D eigenvalue weighted by atomic mass is 19.1. The van der Waals surface area contributed by atoms with E-state index in [9.17, 15) is 9.18 Å². The molecule has 1 heterocycles. The predicted molar refractivity (Wildman–Crippen MR) is 66.5 cm³/mol. The lowest BCUT2D eigenvalue weighted by molar-refractivity contribution is 0.0944. The minimum absolute atomic E-state index is 0.0853. The van der Waals surface area contributed by atoms with Gasteiger partial charge in [-0.1, -0.05) is 35.9 Å². The fourth-order valence-electron chi connectivity index (χ4n) is 1.51. The van der Waals surface area contributed by atoms with Gasteiger partial charge in [0.2, 0.25) is 5.95 Å². The fourth-order valence-corrected chi connectivity index (χ4v) is 1.51. The van der Waals surface area contributed by atoms with E-state index in [1.54, 1.807) is 0 Å². The van der Waals surface area contributed by atoms with Crippen molar-refractivity contribution in [3.8, 4) is 0 Å². The van der Waals surface area contributed by atoms with Crippen LogP contribution in [0.1, 0.15) is 21.6 Å². The lowest BCUT2D eigenvalue weighted by atomic mass is 10.1. The van der Waals surface area contributed by atoms with Crippen LogP contribution >= 0.6 is 0 Å². The molecule has 3 nitrogen and oxygen atoms in total. The van der Waals surface area contributed by atoms with Crippen molar-refractivity contribution >= 4 is 5.91 Å². The summed E-state index contributed by atoms with van der Waals surface area (Å²) in [4.78, 5) is 15.2. The summed E-state index contributed by atoms with van der Waals surface area (Å²) in [6.45, 7) is 2.40. The second kappa shape index (κ2) is 5.40. The molecule has 0 radical (unpaired) electrons. The monoisotopic (exact) mass is 244 g/mol. The van der Waals surface area contributed by atoms with Gasteiger partial charge in [0.15, 0.2) is 0 Å². The summed E-state index contributed by atoms with van der Waals surface area (Å²) in [5.74, 6) is -1.03. The van der Waals surface area contributed by atoms with Crippen LogP contribution in [0.4, 0.5) is 4.39 Å². The minimum atomic E-state index is -0.655. The van der Waals surface area contributed by atoms with Gasteiger partial charge in [-0.15, -0.1) is 0 Å². The van der Waals surface area contributed by atoms with E-state index in [0.29, 0.717) is 6.54 Å². The van der Waals surface area contributed by atoms with E-state index in [-0.39, 0.29) is 11.6 Å². The maximum atomic E-state index is 12.8.